The Labute approximate surface area is 102 Å². The van der Waals surface area contributed by atoms with Crippen molar-refractivity contribution < 1.29 is 9.90 Å². The van der Waals surface area contributed by atoms with Crippen LogP contribution < -0.4 is 0 Å². The summed E-state index contributed by atoms with van der Waals surface area (Å²) >= 11 is 0. The van der Waals surface area contributed by atoms with Gasteiger partial charge in [0.2, 0.25) is 0 Å². The zero-order valence-electron chi connectivity index (χ0n) is 10.1. The molecule has 0 amide bonds. The van der Waals surface area contributed by atoms with Gasteiger partial charge in [0, 0.05) is 6.08 Å². The summed E-state index contributed by atoms with van der Waals surface area (Å²) in [4.78, 5) is 10.6. The van der Waals surface area contributed by atoms with Gasteiger partial charge in [0.1, 0.15) is 0 Å². The maximum atomic E-state index is 10.6. The van der Waals surface area contributed by atoms with E-state index in [1.165, 1.54) is 17.2 Å². The Hall–Kier alpha value is -1.57. The minimum absolute atomic E-state index is 0.599. The molecule has 2 heteroatoms. The molecule has 2 rings (SSSR count). The van der Waals surface area contributed by atoms with E-state index in [2.05, 4.69) is 31.2 Å². The molecule has 1 aliphatic carbocycles. The fourth-order valence-corrected chi connectivity index (χ4v) is 2.66. The first-order valence-corrected chi connectivity index (χ1v) is 6.14. The Morgan fingerprint density at radius 1 is 1.29 bits per heavy atom. The van der Waals surface area contributed by atoms with E-state index in [4.69, 9.17) is 5.11 Å². The van der Waals surface area contributed by atoms with Crippen LogP contribution >= 0.6 is 0 Å². The summed E-state index contributed by atoms with van der Waals surface area (Å²) in [5.74, 6) is -0.212. The van der Waals surface area contributed by atoms with Gasteiger partial charge in [0.05, 0.1) is 0 Å². The molecule has 0 heterocycles. The fourth-order valence-electron chi connectivity index (χ4n) is 2.66. The van der Waals surface area contributed by atoms with Crippen molar-refractivity contribution in [2.75, 3.05) is 0 Å². The number of carbonyl (C=O) groups is 1. The molecule has 90 valence electrons. The molecule has 0 spiro atoms. The van der Waals surface area contributed by atoms with Crippen LogP contribution in [0, 0.1) is 6.92 Å². The average Bonchev–Trinajstić information content (AvgIpc) is 2.30. The molecule has 0 atom stereocenters. The molecule has 2 nitrogen and oxygen atoms in total. The standard InChI is InChI=1S/C15H18O2/c1-11-4-2-3-5-14(11)13-8-6-12(7-9-13)10-15(16)17/h2-5,10,13H,6-9H2,1H3,(H,16,17). The fraction of sp³-hybridized carbons (Fsp3) is 0.400. The van der Waals surface area contributed by atoms with Gasteiger partial charge in [-0.2, -0.15) is 0 Å². The van der Waals surface area contributed by atoms with E-state index in [1.807, 2.05) is 0 Å². The van der Waals surface area contributed by atoms with Gasteiger partial charge in [0.25, 0.3) is 0 Å². The van der Waals surface area contributed by atoms with Crippen molar-refractivity contribution >= 4 is 5.97 Å². The van der Waals surface area contributed by atoms with Crippen LogP contribution in [0.2, 0.25) is 0 Å². The van der Waals surface area contributed by atoms with E-state index in [9.17, 15) is 4.79 Å². The number of allylic oxidation sites excluding steroid dienone is 1. The molecule has 0 aromatic heterocycles. The molecule has 1 aliphatic rings. The van der Waals surface area contributed by atoms with Crippen LogP contribution in [0.3, 0.4) is 0 Å². The monoisotopic (exact) mass is 230 g/mol. The zero-order chi connectivity index (χ0) is 12.3. The Bertz CT molecular complexity index is 436. The number of carboxylic acids is 1. The molecule has 1 N–H and O–H groups in total. The predicted molar refractivity (Wildman–Crippen MR) is 68.1 cm³/mol. The second-order valence-electron chi connectivity index (χ2n) is 4.77. The van der Waals surface area contributed by atoms with Crippen molar-refractivity contribution in [1.82, 2.24) is 0 Å². The molecular formula is C15H18O2. The zero-order valence-corrected chi connectivity index (χ0v) is 10.1. The lowest BCUT2D eigenvalue weighted by atomic mass is 9.80. The number of rotatable bonds is 2. The van der Waals surface area contributed by atoms with Gasteiger partial charge in [-0.3, -0.25) is 0 Å². The first-order valence-electron chi connectivity index (χ1n) is 6.14. The van der Waals surface area contributed by atoms with Crippen molar-refractivity contribution in [2.45, 2.75) is 38.5 Å². The van der Waals surface area contributed by atoms with E-state index in [-0.39, 0.29) is 0 Å². The third-order valence-electron chi connectivity index (χ3n) is 3.58. The SMILES string of the molecule is Cc1ccccc1C1CCC(=CC(=O)O)CC1. The smallest absolute Gasteiger partial charge is 0.328 e. The summed E-state index contributed by atoms with van der Waals surface area (Å²) in [6.45, 7) is 2.15. The Morgan fingerprint density at radius 3 is 2.53 bits per heavy atom. The van der Waals surface area contributed by atoms with Crippen LogP contribution in [0.4, 0.5) is 0 Å². The lowest BCUT2D eigenvalue weighted by molar-refractivity contribution is -0.131. The molecule has 1 saturated carbocycles. The molecule has 1 fully saturated rings. The number of aryl methyl sites for hydroxylation is 1. The van der Waals surface area contributed by atoms with Crippen LogP contribution in [0.5, 0.6) is 0 Å². The predicted octanol–water partition coefficient (Wildman–Crippen LogP) is 3.66. The summed E-state index contributed by atoms with van der Waals surface area (Å²) in [7, 11) is 0. The highest BCUT2D eigenvalue weighted by molar-refractivity contribution is 5.80. The van der Waals surface area contributed by atoms with E-state index >= 15 is 0 Å². The normalized spacial score (nSPS) is 20.1. The number of hydrogen-bond donors (Lipinski definition) is 1. The van der Waals surface area contributed by atoms with Crippen molar-refractivity contribution in [1.29, 1.82) is 0 Å². The molecule has 0 saturated heterocycles. The summed E-state index contributed by atoms with van der Waals surface area (Å²) in [6.07, 6.45) is 5.37. The average molecular weight is 230 g/mol. The van der Waals surface area contributed by atoms with Crippen molar-refractivity contribution in [2.24, 2.45) is 0 Å². The van der Waals surface area contributed by atoms with Gasteiger partial charge >= 0.3 is 5.97 Å². The third kappa shape index (κ3) is 2.96. The van der Waals surface area contributed by atoms with Gasteiger partial charge in [-0.05, 0) is 49.7 Å². The molecule has 17 heavy (non-hydrogen) atoms. The number of benzene rings is 1. The van der Waals surface area contributed by atoms with Crippen molar-refractivity contribution in [3.05, 3.63) is 47.0 Å². The first kappa shape index (κ1) is 11.9. The molecular weight excluding hydrogens is 212 g/mol. The number of aliphatic carboxylic acids is 1. The van der Waals surface area contributed by atoms with Gasteiger partial charge in [-0.1, -0.05) is 29.8 Å². The molecule has 0 radical (unpaired) electrons. The number of hydrogen-bond acceptors (Lipinski definition) is 1. The lowest BCUT2D eigenvalue weighted by Crippen LogP contribution is -2.09. The summed E-state index contributed by atoms with van der Waals surface area (Å²) in [6, 6.07) is 8.51. The maximum absolute atomic E-state index is 10.6. The van der Waals surface area contributed by atoms with E-state index in [1.54, 1.807) is 0 Å². The van der Waals surface area contributed by atoms with Crippen LogP contribution in [0.25, 0.3) is 0 Å². The molecule has 0 bridgehead atoms. The largest absolute Gasteiger partial charge is 0.478 e. The lowest BCUT2D eigenvalue weighted by Gasteiger charge is -2.25. The molecule has 1 aromatic carbocycles. The highest BCUT2D eigenvalue weighted by Gasteiger charge is 2.19. The minimum Gasteiger partial charge on any atom is -0.478 e. The van der Waals surface area contributed by atoms with Gasteiger partial charge in [-0.15, -0.1) is 0 Å². The first-order chi connectivity index (χ1) is 8.16. The highest BCUT2D eigenvalue weighted by atomic mass is 16.4. The van der Waals surface area contributed by atoms with Crippen LogP contribution in [0.15, 0.2) is 35.9 Å². The molecule has 0 aliphatic heterocycles. The Balaban J connectivity index is 2.05. The highest BCUT2D eigenvalue weighted by Crippen LogP contribution is 2.36. The van der Waals surface area contributed by atoms with Gasteiger partial charge in [-0.25, -0.2) is 4.79 Å². The quantitative estimate of drug-likeness (QED) is 0.787. The summed E-state index contributed by atoms with van der Waals surface area (Å²) < 4.78 is 0. The van der Waals surface area contributed by atoms with Crippen molar-refractivity contribution in [3.63, 3.8) is 0 Å². The van der Waals surface area contributed by atoms with Crippen LogP contribution in [-0.2, 0) is 4.79 Å². The second kappa shape index (κ2) is 5.17. The Kier molecular flexibility index (Phi) is 3.62. The Morgan fingerprint density at radius 2 is 1.94 bits per heavy atom. The van der Waals surface area contributed by atoms with Gasteiger partial charge in [0.15, 0.2) is 0 Å². The second-order valence-corrected chi connectivity index (χ2v) is 4.77. The molecule has 1 aromatic rings. The van der Waals surface area contributed by atoms with Gasteiger partial charge < -0.3 is 5.11 Å². The van der Waals surface area contributed by atoms with E-state index in [0.29, 0.717) is 5.92 Å². The number of carboxylic acid groups (broad SMARTS) is 1. The summed E-state index contributed by atoms with van der Waals surface area (Å²) in [5, 5.41) is 8.72. The maximum Gasteiger partial charge on any atom is 0.328 e. The third-order valence-corrected chi connectivity index (χ3v) is 3.58. The molecule has 0 unspecified atom stereocenters. The minimum atomic E-state index is -0.811. The van der Waals surface area contributed by atoms with E-state index in [0.717, 1.165) is 31.3 Å². The van der Waals surface area contributed by atoms with Crippen molar-refractivity contribution in [3.8, 4) is 0 Å². The topological polar surface area (TPSA) is 37.3 Å². The van der Waals surface area contributed by atoms with Crippen LogP contribution in [-0.4, -0.2) is 11.1 Å². The van der Waals surface area contributed by atoms with Crippen LogP contribution in [0.1, 0.15) is 42.7 Å². The van der Waals surface area contributed by atoms with E-state index < -0.39 is 5.97 Å². The summed E-state index contributed by atoms with van der Waals surface area (Å²) in [5.41, 5.74) is 3.87.